The fourth-order valence-corrected chi connectivity index (χ4v) is 4.75. The van der Waals surface area contributed by atoms with E-state index in [1.807, 2.05) is 31.2 Å². The van der Waals surface area contributed by atoms with Gasteiger partial charge in [-0.2, -0.15) is 0 Å². The van der Waals surface area contributed by atoms with Crippen LogP contribution in [0.15, 0.2) is 83.8 Å². The molecule has 3 aromatic rings. The van der Waals surface area contributed by atoms with Crippen molar-refractivity contribution in [2.75, 3.05) is 24.0 Å². The molecule has 1 amide bonds. The number of hydrogen-bond acceptors (Lipinski definition) is 4. The Morgan fingerprint density at radius 1 is 0.970 bits per heavy atom. The lowest BCUT2D eigenvalue weighted by molar-refractivity contribution is -0.119. The molecule has 0 fully saturated rings. The first-order valence-corrected chi connectivity index (χ1v) is 12.2. The van der Waals surface area contributed by atoms with Crippen molar-refractivity contribution in [3.8, 4) is 5.75 Å². The number of sulfonamides is 1. The number of rotatable bonds is 11. The van der Waals surface area contributed by atoms with Gasteiger partial charge in [0, 0.05) is 6.54 Å². The maximum absolute atomic E-state index is 14.5. The largest absolute Gasteiger partial charge is 0.494 e. The molecule has 6 nitrogen and oxygen atoms in total. The summed E-state index contributed by atoms with van der Waals surface area (Å²) in [5.41, 5.74) is 0.929. The summed E-state index contributed by atoms with van der Waals surface area (Å²) >= 11 is 0. The summed E-state index contributed by atoms with van der Waals surface area (Å²) in [6.45, 7) is 2.37. The summed E-state index contributed by atoms with van der Waals surface area (Å²) in [4.78, 5) is 12.6. The Balaban J connectivity index is 1.64. The lowest BCUT2D eigenvalue weighted by Gasteiger charge is -2.24. The zero-order valence-corrected chi connectivity index (χ0v) is 19.2. The molecule has 0 heterocycles. The van der Waals surface area contributed by atoms with E-state index in [2.05, 4.69) is 5.32 Å². The molecule has 0 saturated carbocycles. The third-order valence-corrected chi connectivity index (χ3v) is 6.71. The van der Waals surface area contributed by atoms with E-state index in [4.69, 9.17) is 4.74 Å². The molecule has 8 heteroatoms. The summed E-state index contributed by atoms with van der Waals surface area (Å²) in [6.07, 6.45) is 1.41. The van der Waals surface area contributed by atoms with Crippen LogP contribution in [-0.2, 0) is 21.2 Å². The van der Waals surface area contributed by atoms with E-state index in [0.29, 0.717) is 19.6 Å². The number of benzene rings is 3. The van der Waals surface area contributed by atoms with Gasteiger partial charge in [-0.05, 0) is 61.7 Å². The van der Waals surface area contributed by atoms with E-state index in [-0.39, 0.29) is 10.6 Å². The predicted octanol–water partition coefficient (Wildman–Crippen LogP) is 4.17. The molecule has 0 atom stereocenters. The Morgan fingerprint density at radius 2 is 1.64 bits per heavy atom. The molecule has 0 aliphatic rings. The molecule has 0 spiro atoms. The van der Waals surface area contributed by atoms with Crippen molar-refractivity contribution in [3.63, 3.8) is 0 Å². The van der Waals surface area contributed by atoms with Gasteiger partial charge in [0.2, 0.25) is 5.91 Å². The van der Waals surface area contributed by atoms with Crippen LogP contribution in [0.5, 0.6) is 5.75 Å². The highest BCUT2D eigenvalue weighted by Crippen LogP contribution is 2.26. The number of halogens is 1. The summed E-state index contributed by atoms with van der Waals surface area (Å²) in [6, 6.07) is 20.9. The Labute approximate surface area is 194 Å². The first kappa shape index (κ1) is 24.3. The lowest BCUT2D eigenvalue weighted by atomic mass is 10.1. The molecule has 1 N–H and O–H groups in total. The summed E-state index contributed by atoms with van der Waals surface area (Å²) < 4.78 is 47.0. The standard InChI is InChI=1S/C25H27FN2O4S/c1-2-32-21-16-14-20(15-17-21)9-8-18-27-25(29)19-28(24-13-7-6-12-23(24)26)33(30,31)22-10-4-3-5-11-22/h3-7,10-17H,2,8-9,18-19H2,1H3,(H,27,29). The molecule has 0 unspecified atom stereocenters. The van der Waals surface area contributed by atoms with Gasteiger partial charge in [-0.3, -0.25) is 9.10 Å². The molecule has 0 radical (unpaired) electrons. The zero-order chi connectivity index (χ0) is 23.7. The molecular weight excluding hydrogens is 443 g/mol. The van der Waals surface area contributed by atoms with Gasteiger partial charge in [-0.25, -0.2) is 12.8 Å². The molecule has 174 valence electrons. The van der Waals surface area contributed by atoms with Crippen LogP contribution >= 0.6 is 0 Å². The predicted molar refractivity (Wildman–Crippen MR) is 126 cm³/mol. The Morgan fingerprint density at radius 3 is 2.30 bits per heavy atom. The number of carbonyl (C=O) groups excluding carboxylic acids is 1. The number of ether oxygens (including phenoxy) is 1. The van der Waals surface area contributed by atoms with E-state index in [1.165, 1.54) is 30.3 Å². The van der Waals surface area contributed by atoms with Gasteiger partial charge in [0.15, 0.2) is 0 Å². The summed E-state index contributed by atoms with van der Waals surface area (Å²) in [5, 5.41) is 2.74. The number of nitrogens with one attached hydrogen (secondary N) is 1. The topological polar surface area (TPSA) is 75.7 Å². The highest BCUT2D eigenvalue weighted by Gasteiger charge is 2.28. The number of para-hydroxylation sites is 1. The second-order valence-corrected chi connectivity index (χ2v) is 9.17. The second kappa shape index (κ2) is 11.5. The van der Waals surface area contributed by atoms with E-state index >= 15 is 0 Å². The van der Waals surface area contributed by atoms with Crippen LogP contribution in [0.1, 0.15) is 18.9 Å². The number of amides is 1. The van der Waals surface area contributed by atoms with Gasteiger partial charge in [0.05, 0.1) is 17.2 Å². The fraction of sp³-hybridized carbons (Fsp3) is 0.240. The maximum Gasteiger partial charge on any atom is 0.264 e. The number of hydrogen-bond donors (Lipinski definition) is 1. The number of aryl methyl sites for hydroxylation is 1. The molecule has 33 heavy (non-hydrogen) atoms. The van der Waals surface area contributed by atoms with Crippen LogP contribution in [0, 0.1) is 5.82 Å². The summed E-state index contributed by atoms with van der Waals surface area (Å²) in [5.74, 6) is -0.424. The number of nitrogens with zero attached hydrogens (tertiary/aromatic N) is 1. The maximum atomic E-state index is 14.5. The van der Waals surface area contributed by atoms with Gasteiger partial charge in [-0.1, -0.05) is 42.5 Å². The highest BCUT2D eigenvalue weighted by atomic mass is 32.2. The van der Waals surface area contributed by atoms with Gasteiger partial charge in [0.1, 0.15) is 18.1 Å². The molecule has 0 saturated heterocycles. The molecule has 3 aromatic carbocycles. The van der Waals surface area contributed by atoms with Gasteiger partial charge >= 0.3 is 0 Å². The number of anilines is 1. The molecular formula is C25H27FN2O4S. The van der Waals surface area contributed by atoms with Crippen molar-refractivity contribution in [1.82, 2.24) is 5.32 Å². The van der Waals surface area contributed by atoms with Gasteiger partial charge in [0.25, 0.3) is 10.0 Å². The molecule has 0 aliphatic heterocycles. The molecule has 0 aliphatic carbocycles. The third kappa shape index (κ3) is 6.55. The smallest absolute Gasteiger partial charge is 0.264 e. The lowest BCUT2D eigenvalue weighted by Crippen LogP contribution is -2.41. The van der Waals surface area contributed by atoms with Crippen molar-refractivity contribution < 1.29 is 22.3 Å². The van der Waals surface area contributed by atoms with Crippen LogP contribution in [-0.4, -0.2) is 34.0 Å². The Hall–Kier alpha value is -3.39. The van der Waals surface area contributed by atoms with Crippen molar-refractivity contribution >= 4 is 21.6 Å². The van der Waals surface area contributed by atoms with Crippen LogP contribution in [0.2, 0.25) is 0 Å². The quantitative estimate of drug-likeness (QED) is 0.427. The minimum atomic E-state index is -4.13. The average Bonchev–Trinajstić information content (AvgIpc) is 2.82. The molecule has 3 rings (SSSR count). The highest BCUT2D eigenvalue weighted by molar-refractivity contribution is 7.92. The second-order valence-electron chi connectivity index (χ2n) is 7.31. The van der Waals surface area contributed by atoms with Crippen molar-refractivity contribution in [1.29, 1.82) is 0 Å². The first-order valence-electron chi connectivity index (χ1n) is 10.7. The van der Waals surface area contributed by atoms with E-state index in [9.17, 15) is 17.6 Å². The minimum Gasteiger partial charge on any atom is -0.494 e. The van der Waals surface area contributed by atoms with Crippen molar-refractivity contribution in [2.45, 2.75) is 24.7 Å². The van der Waals surface area contributed by atoms with Crippen LogP contribution < -0.4 is 14.4 Å². The van der Waals surface area contributed by atoms with Crippen molar-refractivity contribution in [3.05, 3.63) is 90.2 Å². The molecule has 0 bridgehead atoms. The van der Waals surface area contributed by atoms with E-state index in [0.717, 1.165) is 28.1 Å². The fourth-order valence-electron chi connectivity index (χ4n) is 3.30. The monoisotopic (exact) mass is 470 g/mol. The average molecular weight is 471 g/mol. The van der Waals surface area contributed by atoms with Crippen LogP contribution in [0.25, 0.3) is 0 Å². The summed E-state index contributed by atoms with van der Waals surface area (Å²) in [7, 11) is -4.13. The van der Waals surface area contributed by atoms with Crippen molar-refractivity contribution in [2.24, 2.45) is 0 Å². The Bertz CT molecular complexity index is 1150. The molecule has 0 aromatic heterocycles. The SMILES string of the molecule is CCOc1ccc(CCCNC(=O)CN(c2ccccc2F)S(=O)(=O)c2ccccc2)cc1. The zero-order valence-electron chi connectivity index (χ0n) is 18.4. The van der Waals surface area contributed by atoms with Gasteiger partial charge in [-0.15, -0.1) is 0 Å². The first-order chi connectivity index (χ1) is 15.9. The van der Waals surface area contributed by atoms with E-state index < -0.39 is 28.3 Å². The van der Waals surface area contributed by atoms with Gasteiger partial charge < -0.3 is 10.1 Å². The minimum absolute atomic E-state index is 0.0171. The third-order valence-electron chi connectivity index (χ3n) is 4.94. The normalized spacial score (nSPS) is 11.1. The van der Waals surface area contributed by atoms with E-state index in [1.54, 1.807) is 18.2 Å². The van der Waals surface area contributed by atoms with Crippen LogP contribution in [0.4, 0.5) is 10.1 Å². The number of carbonyl (C=O) groups is 1. The van der Waals surface area contributed by atoms with Crippen LogP contribution in [0.3, 0.4) is 0 Å². The Kier molecular flexibility index (Phi) is 8.43.